The summed E-state index contributed by atoms with van der Waals surface area (Å²) < 4.78 is 0. The second-order valence-corrected chi connectivity index (χ2v) is 11.8. The molecule has 0 aromatic rings. The molecule has 184 valence electrons. The number of carbonyl (C=O) groups excluding carboxylic acids is 1. The third kappa shape index (κ3) is 12.9. The normalized spacial score (nSPS) is 19.0. The van der Waals surface area contributed by atoms with E-state index < -0.39 is 0 Å². The topological polar surface area (TPSA) is 46.3 Å². The first kappa shape index (κ1) is 28.5. The second-order valence-electron chi connectivity index (χ2n) is 11.8. The van der Waals surface area contributed by atoms with Crippen LogP contribution in [0.5, 0.6) is 0 Å². The van der Waals surface area contributed by atoms with Gasteiger partial charge in [-0.3, -0.25) is 9.69 Å². The van der Waals surface area contributed by atoms with Gasteiger partial charge in [0.05, 0.1) is 0 Å². The fraction of sp³-hybridized carbons (Fsp3) is 0.964. The average molecular weight is 437 g/mol. The Morgan fingerprint density at radius 3 is 1.35 bits per heavy atom. The summed E-state index contributed by atoms with van der Waals surface area (Å²) in [5, 5.41) is 0. The van der Waals surface area contributed by atoms with Gasteiger partial charge in [0.1, 0.15) is 0 Å². The standard InChI is InChI=1S/C28H56N2O/c1-27(2)23-25(24-28(3,4)30(27)5)21-19-17-15-13-11-9-7-6-8-10-12-14-16-18-20-22-26(29)31/h25H,6-24H2,1-5H3,(H2,29,31). The van der Waals surface area contributed by atoms with E-state index in [4.69, 9.17) is 5.73 Å². The van der Waals surface area contributed by atoms with Gasteiger partial charge in [0.25, 0.3) is 0 Å². The minimum atomic E-state index is -0.152. The lowest BCUT2D eigenvalue weighted by Crippen LogP contribution is -2.58. The molecular weight excluding hydrogens is 380 g/mol. The zero-order valence-electron chi connectivity index (χ0n) is 21.9. The van der Waals surface area contributed by atoms with Crippen molar-refractivity contribution >= 4 is 5.91 Å². The Balaban J connectivity index is 1.85. The van der Waals surface area contributed by atoms with Crippen LogP contribution in [0.1, 0.15) is 150 Å². The summed E-state index contributed by atoms with van der Waals surface area (Å²) in [5.74, 6) is 0.761. The van der Waals surface area contributed by atoms with Crippen LogP contribution in [0, 0.1) is 5.92 Å². The highest BCUT2D eigenvalue weighted by molar-refractivity contribution is 5.73. The zero-order chi connectivity index (χ0) is 23.2. The van der Waals surface area contributed by atoms with Gasteiger partial charge in [-0.05, 0) is 59.9 Å². The number of rotatable bonds is 18. The number of nitrogens with two attached hydrogens (primary N) is 1. The fourth-order valence-corrected chi connectivity index (χ4v) is 5.81. The first-order valence-electron chi connectivity index (χ1n) is 13.7. The Kier molecular flexibility index (Phi) is 14.0. The largest absolute Gasteiger partial charge is 0.370 e. The van der Waals surface area contributed by atoms with Gasteiger partial charge in [-0.25, -0.2) is 0 Å². The van der Waals surface area contributed by atoms with Gasteiger partial charge >= 0.3 is 0 Å². The Morgan fingerprint density at radius 1 is 0.677 bits per heavy atom. The summed E-state index contributed by atoms with van der Waals surface area (Å²) in [6.45, 7) is 9.71. The van der Waals surface area contributed by atoms with Crippen LogP contribution in [-0.4, -0.2) is 28.9 Å². The molecule has 1 rings (SSSR count). The highest BCUT2D eigenvalue weighted by Gasteiger charge is 2.42. The predicted molar refractivity (Wildman–Crippen MR) is 136 cm³/mol. The van der Waals surface area contributed by atoms with Crippen molar-refractivity contribution in [2.75, 3.05) is 7.05 Å². The van der Waals surface area contributed by atoms with Crippen molar-refractivity contribution in [2.24, 2.45) is 11.7 Å². The highest BCUT2D eigenvalue weighted by Crippen LogP contribution is 2.41. The number of nitrogens with zero attached hydrogens (tertiary/aromatic N) is 1. The quantitative estimate of drug-likeness (QED) is 0.221. The van der Waals surface area contributed by atoms with Crippen LogP contribution in [-0.2, 0) is 4.79 Å². The zero-order valence-corrected chi connectivity index (χ0v) is 21.9. The van der Waals surface area contributed by atoms with Crippen molar-refractivity contribution in [3.8, 4) is 0 Å². The van der Waals surface area contributed by atoms with Gasteiger partial charge in [-0.2, -0.15) is 0 Å². The number of amides is 1. The summed E-state index contributed by atoms with van der Waals surface area (Å²) in [6, 6.07) is 0. The van der Waals surface area contributed by atoms with Crippen LogP contribution < -0.4 is 5.73 Å². The SMILES string of the molecule is CN1C(C)(C)CC(CCCCCCCCCCCCCCCCCC(N)=O)CC1(C)C. The summed E-state index contributed by atoms with van der Waals surface area (Å²) in [4.78, 5) is 13.3. The molecule has 0 radical (unpaired) electrons. The molecule has 0 aliphatic carbocycles. The third-order valence-electron chi connectivity index (χ3n) is 7.93. The summed E-state index contributed by atoms with van der Waals surface area (Å²) >= 11 is 0. The number of hydrogen-bond donors (Lipinski definition) is 1. The molecule has 1 aliphatic heterocycles. The van der Waals surface area contributed by atoms with Crippen LogP contribution in [0.4, 0.5) is 0 Å². The molecule has 1 aliphatic rings. The van der Waals surface area contributed by atoms with Gasteiger partial charge in [-0.15, -0.1) is 0 Å². The lowest BCUT2D eigenvalue weighted by molar-refractivity contribution is -0.118. The van der Waals surface area contributed by atoms with Gasteiger partial charge < -0.3 is 5.73 Å². The molecule has 1 fully saturated rings. The Morgan fingerprint density at radius 2 is 1.00 bits per heavy atom. The summed E-state index contributed by atoms with van der Waals surface area (Å²) in [7, 11) is 2.31. The van der Waals surface area contributed by atoms with Crippen LogP contribution in [0.3, 0.4) is 0 Å². The molecule has 31 heavy (non-hydrogen) atoms. The number of carbonyl (C=O) groups is 1. The van der Waals surface area contributed by atoms with E-state index in [0.29, 0.717) is 17.5 Å². The van der Waals surface area contributed by atoms with Gasteiger partial charge in [0.2, 0.25) is 5.91 Å². The van der Waals surface area contributed by atoms with Crippen molar-refractivity contribution in [2.45, 2.75) is 161 Å². The van der Waals surface area contributed by atoms with Crippen molar-refractivity contribution in [3.63, 3.8) is 0 Å². The molecule has 0 atom stereocenters. The molecule has 0 aromatic carbocycles. The van der Waals surface area contributed by atoms with Crippen LogP contribution >= 0.6 is 0 Å². The second kappa shape index (κ2) is 15.3. The fourth-order valence-electron chi connectivity index (χ4n) is 5.81. The lowest BCUT2D eigenvalue weighted by Gasteiger charge is -2.54. The molecule has 3 heteroatoms. The lowest BCUT2D eigenvalue weighted by atomic mass is 9.72. The van der Waals surface area contributed by atoms with Crippen molar-refractivity contribution in [3.05, 3.63) is 0 Å². The molecular formula is C28H56N2O. The van der Waals surface area contributed by atoms with E-state index in [2.05, 4.69) is 39.6 Å². The van der Waals surface area contributed by atoms with E-state index in [1.165, 1.54) is 103 Å². The molecule has 0 bridgehead atoms. The highest BCUT2D eigenvalue weighted by atomic mass is 16.1. The smallest absolute Gasteiger partial charge is 0.217 e. The maximum Gasteiger partial charge on any atom is 0.217 e. The Hall–Kier alpha value is -0.570. The molecule has 0 spiro atoms. The van der Waals surface area contributed by atoms with Gasteiger partial charge in [0, 0.05) is 17.5 Å². The van der Waals surface area contributed by atoms with Crippen molar-refractivity contribution < 1.29 is 4.79 Å². The number of hydrogen-bond acceptors (Lipinski definition) is 2. The molecule has 0 saturated carbocycles. The molecule has 3 nitrogen and oxygen atoms in total. The van der Waals surface area contributed by atoms with Gasteiger partial charge in [-0.1, -0.05) is 96.3 Å². The van der Waals surface area contributed by atoms with Crippen LogP contribution in [0.2, 0.25) is 0 Å². The summed E-state index contributed by atoms with van der Waals surface area (Å²) in [5.41, 5.74) is 5.85. The first-order valence-corrected chi connectivity index (χ1v) is 13.7. The number of piperidine rings is 1. The minimum absolute atomic E-state index is 0.152. The molecule has 1 amide bonds. The molecule has 0 aromatic heterocycles. The van der Waals surface area contributed by atoms with E-state index in [0.717, 1.165) is 18.8 Å². The van der Waals surface area contributed by atoms with E-state index in [9.17, 15) is 4.79 Å². The number of likely N-dealkylation sites (tertiary alicyclic amines) is 1. The molecule has 0 unspecified atom stereocenters. The van der Waals surface area contributed by atoms with Crippen LogP contribution in [0.25, 0.3) is 0 Å². The third-order valence-corrected chi connectivity index (χ3v) is 7.93. The summed E-state index contributed by atoms with van der Waals surface area (Å²) in [6.07, 6.45) is 25.1. The Labute approximate surface area is 195 Å². The minimum Gasteiger partial charge on any atom is -0.370 e. The van der Waals surface area contributed by atoms with E-state index in [1.807, 2.05) is 0 Å². The maximum atomic E-state index is 10.7. The Bertz CT molecular complexity index is 454. The first-order chi connectivity index (χ1) is 14.6. The maximum absolute atomic E-state index is 10.7. The predicted octanol–water partition coefficient (Wildman–Crippen LogP) is 8.00. The van der Waals surface area contributed by atoms with E-state index >= 15 is 0 Å². The molecule has 1 heterocycles. The van der Waals surface area contributed by atoms with E-state index in [-0.39, 0.29) is 5.91 Å². The van der Waals surface area contributed by atoms with Crippen molar-refractivity contribution in [1.82, 2.24) is 4.90 Å². The van der Waals surface area contributed by atoms with Gasteiger partial charge in [0.15, 0.2) is 0 Å². The monoisotopic (exact) mass is 436 g/mol. The average Bonchev–Trinajstić information content (AvgIpc) is 2.67. The molecule has 2 N–H and O–H groups in total. The van der Waals surface area contributed by atoms with Crippen LogP contribution in [0.15, 0.2) is 0 Å². The number of unbranched alkanes of at least 4 members (excludes halogenated alkanes) is 14. The number of primary amides is 1. The van der Waals surface area contributed by atoms with Crippen molar-refractivity contribution in [1.29, 1.82) is 0 Å². The molecule has 1 saturated heterocycles. The van der Waals surface area contributed by atoms with E-state index in [1.54, 1.807) is 0 Å².